The molecule has 25 heavy (non-hydrogen) atoms. The number of amides is 2. The zero-order valence-corrected chi connectivity index (χ0v) is 14.6. The maximum atomic E-state index is 12.1. The average Bonchev–Trinajstić information content (AvgIpc) is 3.14. The standard InChI is InChI=1S/C19H27N3O3/c23-19(22-16-9-10-24-18(16)14-6-7-14)21-12-13-5-8-17(20-11-13)25-15-3-1-2-4-15/h5,8,11,14-16,18H,1-4,6-7,9-10,12H2,(H2,21,22,23)/t16-,18+/m1/s1. The number of aromatic nitrogens is 1. The van der Waals surface area contributed by atoms with E-state index in [-0.39, 0.29) is 18.2 Å². The fourth-order valence-corrected chi connectivity index (χ4v) is 3.82. The van der Waals surface area contributed by atoms with Crippen LogP contribution in [0.4, 0.5) is 4.79 Å². The van der Waals surface area contributed by atoms with E-state index in [1.165, 1.54) is 25.7 Å². The summed E-state index contributed by atoms with van der Waals surface area (Å²) in [6, 6.07) is 3.87. The Labute approximate surface area is 148 Å². The first-order valence-corrected chi connectivity index (χ1v) is 9.55. The quantitative estimate of drug-likeness (QED) is 0.831. The largest absolute Gasteiger partial charge is 0.474 e. The summed E-state index contributed by atoms with van der Waals surface area (Å²) in [5.41, 5.74) is 0.968. The molecular weight excluding hydrogens is 318 g/mol. The van der Waals surface area contributed by atoms with Crippen LogP contribution in [-0.2, 0) is 11.3 Å². The number of pyridine rings is 1. The molecule has 3 aliphatic rings. The van der Waals surface area contributed by atoms with E-state index in [2.05, 4.69) is 15.6 Å². The number of carbonyl (C=O) groups is 1. The van der Waals surface area contributed by atoms with Crippen LogP contribution in [0.2, 0.25) is 0 Å². The summed E-state index contributed by atoms with van der Waals surface area (Å²) in [5, 5.41) is 5.97. The van der Waals surface area contributed by atoms with Gasteiger partial charge < -0.3 is 20.1 Å². The zero-order valence-electron chi connectivity index (χ0n) is 14.6. The number of nitrogens with one attached hydrogen (secondary N) is 2. The van der Waals surface area contributed by atoms with Crippen LogP contribution in [0.15, 0.2) is 18.3 Å². The van der Waals surface area contributed by atoms with Crippen molar-refractivity contribution in [3.05, 3.63) is 23.9 Å². The summed E-state index contributed by atoms with van der Waals surface area (Å²) >= 11 is 0. The van der Waals surface area contributed by atoms with E-state index >= 15 is 0 Å². The summed E-state index contributed by atoms with van der Waals surface area (Å²) in [6.45, 7) is 1.21. The Bertz CT molecular complexity index is 582. The number of rotatable bonds is 6. The Balaban J connectivity index is 1.21. The lowest BCUT2D eigenvalue weighted by Gasteiger charge is -2.19. The molecular formula is C19H27N3O3. The SMILES string of the molecule is O=C(NCc1ccc(OC2CCCC2)nc1)N[C@@H]1CCO[C@H]1C1CC1. The van der Waals surface area contributed by atoms with Crippen molar-refractivity contribution in [2.24, 2.45) is 5.92 Å². The molecule has 6 nitrogen and oxygen atoms in total. The van der Waals surface area contributed by atoms with E-state index in [0.717, 1.165) is 31.4 Å². The van der Waals surface area contributed by atoms with Crippen molar-refractivity contribution in [3.63, 3.8) is 0 Å². The second-order valence-electron chi connectivity index (χ2n) is 7.42. The van der Waals surface area contributed by atoms with Crippen molar-refractivity contribution in [1.82, 2.24) is 15.6 Å². The molecule has 2 aliphatic carbocycles. The second-order valence-corrected chi connectivity index (χ2v) is 7.42. The van der Waals surface area contributed by atoms with Crippen LogP contribution in [0, 0.1) is 5.92 Å². The first kappa shape index (κ1) is 16.6. The molecule has 2 atom stereocenters. The Hall–Kier alpha value is -1.82. The predicted octanol–water partition coefficient (Wildman–Crippen LogP) is 2.77. The van der Waals surface area contributed by atoms with E-state index in [4.69, 9.17) is 9.47 Å². The molecule has 1 saturated heterocycles. The lowest BCUT2D eigenvalue weighted by atomic mass is 10.1. The van der Waals surface area contributed by atoms with Crippen LogP contribution in [0.25, 0.3) is 0 Å². The van der Waals surface area contributed by atoms with Crippen molar-refractivity contribution < 1.29 is 14.3 Å². The van der Waals surface area contributed by atoms with Gasteiger partial charge in [-0.15, -0.1) is 0 Å². The minimum Gasteiger partial charge on any atom is -0.474 e. The third-order valence-corrected chi connectivity index (χ3v) is 5.38. The van der Waals surface area contributed by atoms with E-state index in [1.54, 1.807) is 6.20 Å². The van der Waals surface area contributed by atoms with Gasteiger partial charge in [-0.1, -0.05) is 6.07 Å². The summed E-state index contributed by atoms with van der Waals surface area (Å²) in [4.78, 5) is 16.5. The fraction of sp³-hybridized carbons (Fsp3) is 0.684. The Kier molecular flexibility index (Phi) is 5.06. The number of carbonyl (C=O) groups excluding carboxylic acids is 1. The number of ether oxygens (including phenoxy) is 2. The minimum absolute atomic E-state index is 0.132. The summed E-state index contributed by atoms with van der Waals surface area (Å²) in [6.07, 6.45) is 10.4. The van der Waals surface area contributed by atoms with Crippen LogP contribution in [0.1, 0.15) is 50.5 Å². The van der Waals surface area contributed by atoms with Gasteiger partial charge in [0.25, 0.3) is 0 Å². The topological polar surface area (TPSA) is 72.5 Å². The van der Waals surface area contributed by atoms with Gasteiger partial charge in [-0.3, -0.25) is 0 Å². The second kappa shape index (κ2) is 7.60. The van der Waals surface area contributed by atoms with E-state index in [9.17, 15) is 4.79 Å². The summed E-state index contributed by atoms with van der Waals surface area (Å²) in [7, 11) is 0. The zero-order chi connectivity index (χ0) is 17.1. The molecule has 2 N–H and O–H groups in total. The van der Waals surface area contributed by atoms with Crippen LogP contribution in [0.5, 0.6) is 5.88 Å². The highest BCUT2D eigenvalue weighted by atomic mass is 16.5. The highest BCUT2D eigenvalue weighted by Gasteiger charge is 2.41. The smallest absolute Gasteiger partial charge is 0.315 e. The number of hydrogen-bond acceptors (Lipinski definition) is 4. The maximum absolute atomic E-state index is 12.1. The average molecular weight is 345 g/mol. The fourth-order valence-electron chi connectivity index (χ4n) is 3.82. The van der Waals surface area contributed by atoms with Gasteiger partial charge in [0.05, 0.1) is 12.1 Å². The molecule has 0 unspecified atom stereocenters. The third-order valence-electron chi connectivity index (χ3n) is 5.38. The Morgan fingerprint density at radius 2 is 2.04 bits per heavy atom. The van der Waals surface area contributed by atoms with Gasteiger partial charge in [0.15, 0.2) is 0 Å². The minimum atomic E-state index is -0.132. The van der Waals surface area contributed by atoms with Crippen LogP contribution < -0.4 is 15.4 Å². The maximum Gasteiger partial charge on any atom is 0.315 e. The molecule has 0 aromatic carbocycles. The number of hydrogen-bond donors (Lipinski definition) is 2. The number of nitrogens with zero attached hydrogens (tertiary/aromatic N) is 1. The molecule has 0 spiro atoms. The van der Waals surface area contributed by atoms with Crippen LogP contribution in [0.3, 0.4) is 0 Å². The molecule has 1 aromatic heterocycles. The third kappa shape index (κ3) is 4.42. The Morgan fingerprint density at radius 3 is 2.76 bits per heavy atom. The monoisotopic (exact) mass is 345 g/mol. The molecule has 1 aliphatic heterocycles. The molecule has 6 heteroatoms. The highest BCUT2D eigenvalue weighted by molar-refractivity contribution is 5.74. The van der Waals surface area contributed by atoms with Crippen LogP contribution >= 0.6 is 0 Å². The lowest BCUT2D eigenvalue weighted by molar-refractivity contribution is 0.0825. The molecule has 2 heterocycles. The highest BCUT2D eigenvalue weighted by Crippen LogP contribution is 2.38. The van der Waals surface area contributed by atoms with Crippen molar-refractivity contribution >= 4 is 6.03 Å². The molecule has 1 aromatic rings. The van der Waals surface area contributed by atoms with Crippen molar-refractivity contribution in [3.8, 4) is 5.88 Å². The van der Waals surface area contributed by atoms with Gasteiger partial charge in [-0.25, -0.2) is 9.78 Å². The first-order chi connectivity index (χ1) is 12.3. The molecule has 0 radical (unpaired) electrons. The molecule has 0 bridgehead atoms. The Morgan fingerprint density at radius 1 is 1.20 bits per heavy atom. The van der Waals surface area contributed by atoms with E-state index in [0.29, 0.717) is 24.4 Å². The lowest BCUT2D eigenvalue weighted by Crippen LogP contribution is -2.46. The number of urea groups is 1. The summed E-state index contributed by atoms with van der Waals surface area (Å²) in [5.74, 6) is 1.32. The van der Waals surface area contributed by atoms with Crippen molar-refractivity contribution in [1.29, 1.82) is 0 Å². The van der Waals surface area contributed by atoms with Gasteiger partial charge >= 0.3 is 6.03 Å². The normalized spacial score (nSPS) is 26.6. The van der Waals surface area contributed by atoms with Gasteiger partial charge in [-0.2, -0.15) is 0 Å². The van der Waals surface area contributed by atoms with Gasteiger partial charge in [0.2, 0.25) is 5.88 Å². The van der Waals surface area contributed by atoms with Crippen molar-refractivity contribution in [2.75, 3.05) is 6.61 Å². The molecule has 4 rings (SSSR count). The molecule has 2 saturated carbocycles. The van der Waals surface area contributed by atoms with Crippen LogP contribution in [-0.4, -0.2) is 35.9 Å². The summed E-state index contributed by atoms with van der Waals surface area (Å²) < 4.78 is 11.6. The molecule has 2 amide bonds. The first-order valence-electron chi connectivity index (χ1n) is 9.55. The molecule has 136 valence electrons. The van der Waals surface area contributed by atoms with E-state index in [1.807, 2.05) is 12.1 Å². The van der Waals surface area contributed by atoms with Gasteiger partial charge in [0, 0.05) is 25.4 Å². The van der Waals surface area contributed by atoms with Gasteiger partial charge in [-0.05, 0) is 56.4 Å². The van der Waals surface area contributed by atoms with E-state index < -0.39 is 0 Å². The molecule has 3 fully saturated rings. The predicted molar refractivity (Wildman–Crippen MR) is 93.4 cm³/mol. The van der Waals surface area contributed by atoms with Crippen molar-refractivity contribution in [2.45, 2.75) is 69.7 Å². The van der Waals surface area contributed by atoms with Gasteiger partial charge in [0.1, 0.15) is 6.10 Å².